The lowest BCUT2D eigenvalue weighted by atomic mass is 10.3. The molecule has 7 heteroatoms. The molecule has 2 amide bonds. The monoisotopic (exact) mass is 347 g/mol. The van der Waals surface area contributed by atoms with E-state index in [-0.39, 0.29) is 6.03 Å². The molecule has 24 heavy (non-hydrogen) atoms. The number of aryl methyl sites for hydroxylation is 4. The SMILES string of the molecule is Cc1nc(C)n(CCCNC(=O)N(Cc2sccc2C)C2CC2)n1. The largest absolute Gasteiger partial charge is 0.338 e. The summed E-state index contributed by atoms with van der Waals surface area (Å²) in [6.07, 6.45) is 3.09. The summed E-state index contributed by atoms with van der Waals surface area (Å²) in [4.78, 5) is 20.1. The topological polar surface area (TPSA) is 63.1 Å². The lowest BCUT2D eigenvalue weighted by Crippen LogP contribution is -2.41. The first-order chi connectivity index (χ1) is 11.5. The van der Waals surface area contributed by atoms with Crippen LogP contribution in [0, 0.1) is 20.8 Å². The number of nitrogens with one attached hydrogen (secondary N) is 1. The van der Waals surface area contributed by atoms with Crippen molar-refractivity contribution in [3.8, 4) is 0 Å². The molecule has 6 nitrogen and oxygen atoms in total. The Morgan fingerprint density at radius 2 is 2.21 bits per heavy atom. The van der Waals surface area contributed by atoms with E-state index in [9.17, 15) is 4.79 Å². The van der Waals surface area contributed by atoms with Gasteiger partial charge in [0.2, 0.25) is 0 Å². The second kappa shape index (κ2) is 7.34. The van der Waals surface area contributed by atoms with Gasteiger partial charge in [-0.05, 0) is 57.0 Å². The van der Waals surface area contributed by atoms with Crippen molar-refractivity contribution >= 4 is 17.4 Å². The molecule has 0 unspecified atom stereocenters. The molecule has 0 radical (unpaired) electrons. The summed E-state index contributed by atoms with van der Waals surface area (Å²) in [6.45, 7) is 8.12. The maximum Gasteiger partial charge on any atom is 0.317 e. The van der Waals surface area contributed by atoms with Crippen molar-refractivity contribution in [1.29, 1.82) is 0 Å². The number of hydrogen-bond acceptors (Lipinski definition) is 4. The predicted molar refractivity (Wildman–Crippen MR) is 95.1 cm³/mol. The molecule has 1 N–H and O–H groups in total. The van der Waals surface area contributed by atoms with Crippen molar-refractivity contribution in [2.45, 2.75) is 59.2 Å². The van der Waals surface area contributed by atoms with Crippen LogP contribution >= 0.6 is 11.3 Å². The van der Waals surface area contributed by atoms with Crippen molar-refractivity contribution in [2.75, 3.05) is 6.54 Å². The van der Waals surface area contributed by atoms with Crippen molar-refractivity contribution in [3.05, 3.63) is 33.5 Å². The molecule has 1 aliphatic carbocycles. The quantitative estimate of drug-likeness (QED) is 0.783. The summed E-state index contributed by atoms with van der Waals surface area (Å²) in [6, 6.07) is 2.58. The van der Waals surface area contributed by atoms with Gasteiger partial charge in [-0.3, -0.25) is 4.68 Å². The molecule has 1 aliphatic rings. The number of carbonyl (C=O) groups is 1. The minimum atomic E-state index is 0.0526. The minimum absolute atomic E-state index is 0.0526. The molecule has 1 saturated carbocycles. The van der Waals surface area contributed by atoms with Crippen LogP contribution in [0.3, 0.4) is 0 Å². The second-order valence-corrected chi connectivity index (χ2v) is 7.40. The van der Waals surface area contributed by atoms with Gasteiger partial charge in [-0.2, -0.15) is 5.10 Å². The van der Waals surface area contributed by atoms with Crippen LogP contribution in [0.15, 0.2) is 11.4 Å². The molecular formula is C17H25N5OS. The second-order valence-electron chi connectivity index (χ2n) is 6.40. The third kappa shape index (κ3) is 4.14. The lowest BCUT2D eigenvalue weighted by molar-refractivity contribution is 0.192. The number of amides is 2. The molecule has 3 rings (SSSR count). The fourth-order valence-corrected chi connectivity index (χ4v) is 3.68. The number of nitrogens with zero attached hydrogens (tertiary/aromatic N) is 4. The Hall–Kier alpha value is -1.89. The summed E-state index contributed by atoms with van der Waals surface area (Å²) in [5.41, 5.74) is 1.27. The number of aromatic nitrogens is 3. The van der Waals surface area contributed by atoms with Crippen LogP contribution in [0.2, 0.25) is 0 Å². The number of urea groups is 1. The van der Waals surface area contributed by atoms with Gasteiger partial charge in [-0.1, -0.05) is 0 Å². The molecular weight excluding hydrogens is 322 g/mol. The summed E-state index contributed by atoms with van der Waals surface area (Å²) in [5.74, 6) is 1.72. The van der Waals surface area contributed by atoms with Crippen LogP contribution < -0.4 is 5.32 Å². The summed E-state index contributed by atoms with van der Waals surface area (Å²) >= 11 is 1.73. The van der Waals surface area contributed by atoms with Crippen LogP contribution in [0.1, 0.15) is 41.4 Å². The first kappa shape index (κ1) is 17.0. The zero-order chi connectivity index (χ0) is 17.1. The molecule has 0 bridgehead atoms. The van der Waals surface area contributed by atoms with Gasteiger partial charge >= 0.3 is 6.03 Å². The van der Waals surface area contributed by atoms with Crippen molar-refractivity contribution in [3.63, 3.8) is 0 Å². The summed E-state index contributed by atoms with van der Waals surface area (Å²) < 4.78 is 1.90. The molecule has 0 spiro atoms. The van der Waals surface area contributed by atoms with Crippen LogP contribution in [0.25, 0.3) is 0 Å². The van der Waals surface area contributed by atoms with Crippen LogP contribution in [-0.2, 0) is 13.1 Å². The first-order valence-corrected chi connectivity index (χ1v) is 9.38. The Kier molecular flexibility index (Phi) is 5.18. The summed E-state index contributed by atoms with van der Waals surface area (Å²) in [5, 5.41) is 9.50. The van der Waals surface area contributed by atoms with E-state index in [4.69, 9.17) is 0 Å². The third-order valence-electron chi connectivity index (χ3n) is 4.32. The van der Waals surface area contributed by atoms with Crippen LogP contribution in [0.5, 0.6) is 0 Å². The fourth-order valence-electron chi connectivity index (χ4n) is 2.77. The fraction of sp³-hybridized carbons (Fsp3) is 0.588. The predicted octanol–water partition coefficient (Wildman–Crippen LogP) is 3.03. The molecule has 0 atom stereocenters. The van der Waals surface area contributed by atoms with Crippen LogP contribution in [-0.4, -0.2) is 38.3 Å². The minimum Gasteiger partial charge on any atom is -0.338 e. The number of thiophene rings is 1. The van der Waals surface area contributed by atoms with Crippen LogP contribution in [0.4, 0.5) is 4.79 Å². The Morgan fingerprint density at radius 3 is 2.79 bits per heavy atom. The molecule has 130 valence electrons. The Balaban J connectivity index is 1.47. The van der Waals surface area contributed by atoms with Gasteiger partial charge < -0.3 is 10.2 Å². The zero-order valence-electron chi connectivity index (χ0n) is 14.6. The van der Waals surface area contributed by atoms with Gasteiger partial charge in [0.05, 0.1) is 6.54 Å². The highest BCUT2D eigenvalue weighted by molar-refractivity contribution is 7.10. The molecule has 0 aliphatic heterocycles. The highest BCUT2D eigenvalue weighted by Gasteiger charge is 2.32. The maximum atomic E-state index is 12.5. The summed E-state index contributed by atoms with van der Waals surface area (Å²) in [7, 11) is 0. The molecule has 2 aromatic heterocycles. The number of hydrogen-bond donors (Lipinski definition) is 1. The van der Waals surface area contributed by atoms with Gasteiger partial charge in [0.1, 0.15) is 11.6 Å². The van der Waals surface area contributed by atoms with Crippen molar-refractivity contribution in [1.82, 2.24) is 25.0 Å². The average Bonchev–Trinajstić information content (AvgIpc) is 3.22. The normalized spacial score (nSPS) is 14.0. The smallest absolute Gasteiger partial charge is 0.317 e. The molecule has 2 aromatic rings. The molecule has 0 saturated heterocycles. The number of rotatable bonds is 7. The van der Waals surface area contributed by atoms with E-state index in [1.54, 1.807) is 11.3 Å². The van der Waals surface area contributed by atoms with Gasteiger partial charge in [0.15, 0.2) is 0 Å². The lowest BCUT2D eigenvalue weighted by Gasteiger charge is -2.22. The van der Waals surface area contributed by atoms with E-state index >= 15 is 0 Å². The van der Waals surface area contributed by atoms with E-state index in [0.29, 0.717) is 12.6 Å². The highest BCUT2D eigenvalue weighted by atomic mass is 32.1. The molecule has 1 fully saturated rings. The Morgan fingerprint density at radius 1 is 1.42 bits per heavy atom. The molecule has 0 aromatic carbocycles. The standard InChI is InChI=1S/C17H25N5OS/c1-12-7-10-24-16(12)11-21(15-5-6-15)17(23)18-8-4-9-22-14(3)19-13(2)20-22/h7,10,15H,4-6,8-9,11H2,1-3H3,(H,18,23). The Labute approximate surface area is 146 Å². The van der Waals surface area contributed by atoms with Crippen molar-refractivity contribution in [2.24, 2.45) is 0 Å². The number of carbonyl (C=O) groups excluding carboxylic acids is 1. The van der Waals surface area contributed by atoms with Gasteiger partial charge in [-0.15, -0.1) is 11.3 Å². The van der Waals surface area contributed by atoms with Crippen molar-refractivity contribution < 1.29 is 4.79 Å². The Bertz CT molecular complexity index is 704. The zero-order valence-corrected chi connectivity index (χ0v) is 15.4. The third-order valence-corrected chi connectivity index (χ3v) is 5.32. The highest BCUT2D eigenvalue weighted by Crippen LogP contribution is 2.30. The average molecular weight is 347 g/mol. The van der Waals surface area contributed by atoms with E-state index in [1.165, 1.54) is 10.4 Å². The first-order valence-electron chi connectivity index (χ1n) is 8.50. The van der Waals surface area contributed by atoms with E-state index in [1.807, 2.05) is 23.4 Å². The molecule has 2 heterocycles. The van der Waals surface area contributed by atoms with Gasteiger partial charge in [0, 0.05) is 24.0 Å². The maximum absolute atomic E-state index is 12.5. The van der Waals surface area contributed by atoms with Gasteiger partial charge in [0.25, 0.3) is 0 Å². The van der Waals surface area contributed by atoms with E-state index < -0.39 is 0 Å². The van der Waals surface area contributed by atoms with E-state index in [0.717, 1.165) is 44.0 Å². The van der Waals surface area contributed by atoms with Gasteiger partial charge in [-0.25, -0.2) is 9.78 Å². The van der Waals surface area contributed by atoms with E-state index in [2.05, 4.69) is 33.8 Å².